The number of rotatable bonds is 12. The van der Waals surface area contributed by atoms with E-state index in [1.807, 2.05) is 27.7 Å². The van der Waals surface area contributed by atoms with Gasteiger partial charge in [0.05, 0.1) is 9.79 Å². The fraction of sp³-hybridized carbons (Fsp3) is 0.462. The van der Waals surface area contributed by atoms with Crippen molar-refractivity contribution < 1.29 is 26.4 Å². The minimum atomic E-state index is -3.93. The van der Waals surface area contributed by atoms with Gasteiger partial charge in [0.25, 0.3) is 31.9 Å². The summed E-state index contributed by atoms with van der Waals surface area (Å²) in [5, 5.41) is 0. The van der Waals surface area contributed by atoms with Gasteiger partial charge in [0, 0.05) is 12.8 Å². The highest BCUT2D eigenvalue weighted by Crippen LogP contribution is 2.16. The van der Waals surface area contributed by atoms with Gasteiger partial charge in [0.15, 0.2) is 0 Å². The fourth-order valence-corrected chi connectivity index (χ4v) is 5.32. The summed E-state index contributed by atoms with van der Waals surface area (Å²) in [5.41, 5.74) is 1.88. The van der Waals surface area contributed by atoms with Gasteiger partial charge in [0.2, 0.25) is 0 Å². The maximum Gasteiger partial charge on any atom is 0.280 e. The van der Waals surface area contributed by atoms with Crippen LogP contribution in [0, 0.1) is 13.8 Å². The first-order valence-corrected chi connectivity index (χ1v) is 15.5. The van der Waals surface area contributed by atoms with E-state index in [0.29, 0.717) is 21.7 Å². The summed E-state index contributed by atoms with van der Waals surface area (Å²) in [6.45, 7) is 7.72. The highest BCUT2D eigenvalue weighted by atomic mass is 32.2. The highest BCUT2D eigenvalue weighted by molar-refractivity contribution is 7.89. The third-order valence-corrected chi connectivity index (χ3v) is 8.81. The quantitative estimate of drug-likeness (QED) is 0.168. The Morgan fingerprint density at radius 3 is 1.16 bits per heavy atom. The number of carbonyl (C=O) groups excluding carboxylic acids is 2. The molecule has 12 heteroatoms. The molecule has 2 aromatic rings. The smallest absolute Gasteiger partial charge is 0.272 e. The van der Waals surface area contributed by atoms with Gasteiger partial charge >= 0.3 is 0 Å². The monoisotopic (exact) mass is 568 g/mol. The van der Waals surface area contributed by atoms with Gasteiger partial charge in [-0.05, 0) is 51.0 Å². The molecule has 10 nitrogen and oxygen atoms in total. The van der Waals surface area contributed by atoms with Crippen LogP contribution in [0.2, 0.25) is 0 Å². The molecule has 0 aliphatic rings. The normalized spacial score (nSPS) is 11.3. The van der Waals surface area contributed by atoms with Crippen LogP contribution in [-0.2, 0) is 29.6 Å². The van der Waals surface area contributed by atoms with E-state index in [0.717, 1.165) is 36.8 Å². The van der Waals surface area contributed by atoms with E-state index in [2.05, 4.69) is 0 Å². The number of aryl methyl sites for hydroxylation is 2. The number of hydrazine groups is 2. The summed E-state index contributed by atoms with van der Waals surface area (Å²) in [7, 11) is -7.86. The van der Waals surface area contributed by atoms with Crippen LogP contribution >= 0.6 is 0 Å². The molecule has 0 heterocycles. The van der Waals surface area contributed by atoms with Gasteiger partial charge in [-0.15, -0.1) is 0 Å². The third kappa shape index (κ3) is 9.82. The second kappa shape index (κ2) is 15.6. The summed E-state index contributed by atoms with van der Waals surface area (Å²) < 4.78 is 49.1. The first-order valence-electron chi connectivity index (χ1n) is 12.6. The van der Waals surface area contributed by atoms with Crippen LogP contribution in [0.3, 0.4) is 0 Å². The van der Waals surface area contributed by atoms with E-state index in [1.54, 1.807) is 24.3 Å². The van der Waals surface area contributed by atoms with Gasteiger partial charge in [-0.3, -0.25) is 9.59 Å². The van der Waals surface area contributed by atoms with Crippen LogP contribution in [0.1, 0.15) is 76.3 Å². The molecular weight excluding hydrogens is 528 g/mol. The molecule has 0 atom stereocenters. The van der Waals surface area contributed by atoms with Crippen LogP contribution < -0.4 is 11.7 Å². The van der Waals surface area contributed by atoms with Crippen LogP contribution in [0.15, 0.2) is 58.3 Å². The largest absolute Gasteiger partial charge is 0.280 e. The van der Waals surface area contributed by atoms with E-state index in [-0.39, 0.29) is 22.6 Å². The Kier molecular flexibility index (Phi) is 13.6. The van der Waals surface area contributed by atoms with Crippen molar-refractivity contribution in [2.24, 2.45) is 11.7 Å². The topological polar surface area (TPSA) is 161 Å². The molecule has 0 aromatic heterocycles. The Balaban J connectivity index is 0.000000380. The second-order valence-electron chi connectivity index (χ2n) is 8.93. The summed E-state index contributed by atoms with van der Waals surface area (Å²) in [6.07, 6.45) is 5.27. The molecule has 4 N–H and O–H groups in total. The van der Waals surface area contributed by atoms with Gasteiger partial charge < -0.3 is 0 Å². The second-order valence-corrected chi connectivity index (χ2v) is 12.6. The van der Waals surface area contributed by atoms with Gasteiger partial charge in [-0.1, -0.05) is 74.9 Å². The Hall–Kier alpha value is -2.80. The Bertz CT molecular complexity index is 1150. The number of sulfonamides is 2. The predicted octanol–water partition coefficient (Wildman–Crippen LogP) is 3.93. The number of amides is 2. The van der Waals surface area contributed by atoms with E-state index in [4.69, 9.17) is 11.7 Å². The van der Waals surface area contributed by atoms with Crippen LogP contribution in [0.4, 0.5) is 0 Å². The molecule has 0 saturated heterocycles. The maximum atomic E-state index is 12.1. The van der Waals surface area contributed by atoms with E-state index < -0.39 is 31.9 Å². The lowest BCUT2D eigenvalue weighted by Crippen LogP contribution is -2.42. The molecule has 0 radical (unpaired) electrons. The molecule has 0 aliphatic heterocycles. The van der Waals surface area contributed by atoms with Crippen molar-refractivity contribution in [1.82, 2.24) is 8.83 Å². The number of hydrogen-bond acceptors (Lipinski definition) is 8. The molecule has 0 fully saturated rings. The number of benzene rings is 2. The van der Waals surface area contributed by atoms with Crippen molar-refractivity contribution in [3.8, 4) is 0 Å². The molecule has 0 saturated carbocycles. The van der Waals surface area contributed by atoms with Crippen molar-refractivity contribution in [3.63, 3.8) is 0 Å². The average Bonchev–Trinajstić information content (AvgIpc) is 2.88. The Morgan fingerprint density at radius 2 is 0.895 bits per heavy atom. The van der Waals surface area contributed by atoms with Gasteiger partial charge in [0.1, 0.15) is 0 Å². The molecule has 0 bridgehead atoms. The minimum absolute atomic E-state index is 0.0319. The number of nitrogens with two attached hydrogens (primary N) is 2. The van der Waals surface area contributed by atoms with Gasteiger partial charge in [-0.25, -0.2) is 11.7 Å². The first kappa shape index (κ1) is 33.2. The number of hydrogen-bond donors (Lipinski definition) is 2. The molecule has 0 spiro atoms. The summed E-state index contributed by atoms with van der Waals surface area (Å²) in [6, 6.07) is 12.5. The predicted molar refractivity (Wildman–Crippen MR) is 147 cm³/mol. The summed E-state index contributed by atoms with van der Waals surface area (Å²) >= 11 is 0. The van der Waals surface area contributed by atoms with Crippen molar-refractivity contribution in [3.05, 3.63) is 59.7 Å². The molecule has 38 heavy (non-hydrogen) atoms. The minimum Gasteiger partial charge on any atom is -0.272 e. The van der Waals surface area contributed by atoms with Crippen LogP contribution in [0.5, 0.6) is 0 Å². The van der Waals surface area contributed by atoms with Crippen molar-refractivity contribution >= 4 is 31.9 Å². The zero-order chi connectivity index (χ0) is 28.9. The summed E-state index contributed by atoms with van der Waals surface area (Å²) in [5.74, 6) is 9.74. The van der Waals surface area contributed by atoms with Crippen molar-refractivity contribution in [2.75, 3.05) is 0 Å². The fourth-order valence-electron chi connectivity index (χ4n) is 3.19. The standard InChI is InChI=1S/2C13H20N2O3S/c2*1-3-4-5-6-13(16)15(14)19(17,18)12-9-7-11(2)8-10-12/h2*7-10H,3-6,14H2,1-2H3. The van der Waals surface area contributed by atoms with E-state index in [1.165, 1.54) is 24.3 Å². The number of carbonyl (C=O) groups is 2. The number of nitrogens with zero attached hydrogens (tertiary/aromatic N) is 2. The molecule has 212 valence electrons. The Morgan fingerprint density at radius 1 is 0.605 bits per heavy atom. The lowest BCUT2D eigenvalue weighted by atomic mass is 10.2. The highest BCUT2D eigenvalue weighted by Gasteiger charge is 2.26. The molecule has 2 rings (SSSR count). The lowest BCUT2D eigenvalue weighted by Gasteiger charge is -2.16. The number of unbranched alkanes of at least 4 members (excludes halogenated alkanes) is 4. The van der Waals surface area contributed by atoms with E-state index >= 15 is 0 Å². The zero-order valence-corrected chi connectivity index (χ0v) is 24.2. The summed E-state index contributed by atoms with van der Waals surface area (Å²) in [4.78, 5) is 23.5. The first-order chi connectivity index (χ1) is 17.8. The molecule has 0 aliphatic carbocycles. The van der Waals surface area contributed by atoms with Crippen molar-refractivity contribution in [2.45, 2.75) is 88.9 Å². The molecule has 2 aromatic carbocycles. The molecular formula is C26H40N4O6S2. The van der Waals surface area contributed by atoms with Crippen LogP contribution in [0.25, 0.3) is 0 Å². The Labute approximate surface area is 227 Å². The maximum absolute atomic E-state index is 12.1. The van der Waals surface area contributed by atoms with E-state index in [9.17, 15) is 26.4 Å². The zero-order valence-electron chi connectivity index (χ0n) is 22.6. The third-order valence-electron chi connectivity index (χ3n) is 5.64. The van der Waals surface area contributed by atoms with Crippen molar-refractivity contribution in [1.29, 1.82) is 0 Å². The SMILES string of the molecule is CCCCCC(=O)N(N)S(=O)(=O)c1ccc(C)cc1.CCCCCC(=O)N(N)S(=O)(=O)c1ccc(C)cc1. The van der Waals surface area contributed by atoms with Crippen LogP contribution in [-0.4, -0.2) is 37.5 Å². The molecule has 2 amide bonds. The average molecular weight is 569 g/mol. The molecule has 0 unspecified atom stereocenters. The van der Waals surface area contributed by atoms with Gasteiger partial charge in [-0.2, -0.15) is 25.7 Å². The lowest BCUT2D eigenvalue weighted by molar-refractivity contribution is -0.127.